The van der Waals surface area contributed by atoms with Gasteiger partial charge >= 0.3 is 5.97 Å². The van der Waals surface area contributed by atoms with Crippen molar-refractivity contribution in [2.75, 3.05) is 5.73 Å². The number of nitrogens with zero attached hydrogens (tertiary/aromatic N) is 3. The number of rotatable bonds is 6. The number of anilines is 1. The van der Waals surface area contributed by atoms with Gasteiger partial charge in [-0.2, -0.15) is 9.36 Å². The third-order valence-electron chi connectivity index (χ3n) is 1.58. The lowest BCUT2D eigenvalue weighted by Gasteiger charge is -2.05. The zero-order valence-electron chi connectivity index (χ0n) is 8.86. The van der Waals surface area contributed by atoms with Crippen LogP contribution in [0, 0.1) is 0 Å². The predicted molar refractivity (Wildman–Crippen MR) is 59.7 cm³/mol. The Morgan fingerprint density at radius 1 is 1.76 bits per heavy atom. The molecule has 17 heavy (non-hydrogen) atoms. The smallest absolute Gasteiger partial charge is 0.307 e. The Bertz CT molecular complexity index is 444. The summed E-state index contributed by atoms with van der Waals surface area (Å²) in [5, 5.41) is 12.2. The molecule has 1 aromatic heterocycles. The molecule has 0 aliphatic heterocycles. The Morgan fingerprint density at radius 2 is 2.47 bits per heavy atom. The van der Waals surface area contributed by atoms with Crippen LogP contribution < -0.4 is 5.73 Å². The topological polar surface area (TPSA) is 128 Å². The molecule has 0 saturated carbocycles. The van der Waals surface area contributed by atoms with Gasteiger partial charge in [0.25, 0.3) is 0 Å². The molecule has 0 aliphatic rings. The fourth-order valence-electron chi connectivity index (χ4n) is 0.884. The van der Waals surface area contributed by atoms with Gasteiger partial charge in [-0.3, -0.25) is 9.59 Å². The van der Waals surface area contributed by atoms with Gasteiger partial charge in [0.05, 0.1) is 6.42 Å². The first-order valence-corrected chi connectivity index (χ1v) is 5.30. The average molecular weight is 258 g/mol. The maximum atomic E-state index is 10.7. The Morgan fingerprint density at radius 3 is 2.94 bits per heavy atom. The number of carboxylic acid groups (broad SMARTS) is 1. The first kappa shape index (κ1) is 13.0. The molecule has 1 unspecified atom stereocenters. The third-order valence-corrected chi connectivity index (χ3v) is 2.12. The van der Waals surface area contributed by atoms with Crippen molar-refractivity contribution in [3.8, 4) is 0 Å². The third kappa shape index (κ3) is 4.15. The van der Waals surface area contributed by atoms with Gasteiger partial charge in [-0.15, -0.1) is 0 Å². The summed E-state index contributed by atoms with van der Waals surface area (Å²) in [6.07, 6.45) is -0.463. The van der Waals surface area contributed by atoms with Crippen LogP contribution in [0.25, 0.3) is 0 Å². The van der Waals surface area contributed by atoms with Gasteiger partial charge in [-0.05, 0) is 6.92 Å². The molecule has 0 aromatic carbocycles. The fourth-order valence-corrected chi connectivity index (χ4v) is 1.33. The Hall–Kier alpha value is -2.03. The second-order valence-corrected chi connectivity index (χ2v) is 3.85. The van der Waals surface area contributed by atoms with Gasteiger partial charge < -0.3 is 15.7 Å². The van der Waals surface area contributed by atoms with Crippen LogP contribution in [0.1, 0.15) is 19.2 Å². The summed E-state index contributed by atoms with van der Waals surface area (Å²) in [5.41, 5.74) is 5.22. The first-order valence-electron chi connectivity index (χ1n) is 4.53. The number of aromatic nitrogens is 2. The highest BCUT2D eigenvalue weighted by Gasteiger charge is 2.12. The summed E-state index contributed by atoms with van der Waals surface area (Å²) in [4.78, 5) is 29.6. The van der Waals surface area contributed by atoms with Crippen molar-refractivity contribution >= 4 is 34.6 Å². The molecule has 8 nitrogen and oxygen atoms in total. The Kier molecular flexibility index (Phi) is 4.52. The predicted octanol–water partition coefficient (Wildman–Crippen LogP) is -0.0969. The molecule has 3 N–H and O–H groups in total. The summed E-state index contributed by atoms with van der Waals surface area (Å²) in [5.74, 6) is -0.957. The van der Waals surface area contributed by atoms with Crippen LogP contribution in [-0.4, -0.2) is 38.5 Å². The fraction of sp³-hybridized carbons (Fsp3) is 0.375. The molecule has 1 rings (SSSR count). The second kappa shape index (κ2) is 5.89. The van der Waals surface area contributed by atoms with Crippen LogP contribution in [-0.2, 0) is 14.4 Å². The van der Waals surface area contributed by atoms with Crippen molar-refractivity contribution in [3.63, 3.8) is 0 Å². The summed E-state index contributed by atoms with van der Waals surface area (Å²) < 4.78 is 3.77. The first-order chi connectivity index (χ1) is 8.02. The average Bonchev–Trinajstić information content (AvgIpc) is 2.65. The number of aldehydes is 1. The number of hydrogen-bond acceptors (Lipinski definition) is 8. The molecule has 0 fully saturated rings. The molecule has 0 aliphatic carbocycles. The maximum Gasteiger partial charge on any atom is 0.307 e. The highest BCUT2D eigenvalue weighted by molar-refractivity contribution is 7.09. The molecule has 0 saturated heterocycles. The highest BCUT2D eigenvalue weighted by Crippen LogP contribution is 2.07. The molecule has 0 amide bonds. The minimum Gasteiger partial charge on any atom is -0.481 e. The number of hydrogen-bond donors (Lipinski definition) is 2. The van der Waals surface area contributed by atoms with Crippen molar-refractivity contribution in [2.45, 2.75) is 19.4 Å². The number of nitrogens with two attached hydrogens (primary N) is 1. The monoisotopic (exact) mass is 258 g/mol. The van der Waals surface area contributed by atoms with Crippen LogP contribution in [0.5, 0.6) is 0 Å². The normalized spacial score (nSPS) is 13.1. The molecule has 9 heteroatoms. The number of nitrogen functional groups attached to an aromatic ring is 1. The zero-order chi connectivity index (χ0) is 12.8. The largest absolute Gasteiger partial charge is 0.481 e. The van der Waals surface area contributed by atoms with Gasteiger partial charge in [-0.25, -0.2) is 0 Å². The SMILES string of the molecule is CC(CC(=O)O)ON=C(C=O)c1nsc(N)n1. The van der Waals surface area contributed by atoms with Crippen LogP contribution in [0.15, 0.2) is 5.16 Å². The highest BCUT2D eigenvalue weighted by atomic mass is 32.1. The Labute approximate surface area is 100 Å². The van der Waals surface area contributed by atoms with Crippen LogP contribution in [0.3, 0.4) is 0 Å². The van der Waals surface area contributed by atoms with Gasteiger partial charge in [0.1, 0.15) is 6.10 Å². The van der Waals surface area contributed by atoms with E-state index in [1.807, 2.05) is 0 Å². The van der Waals surface area contributed by atoms with Crippen molar-refractivity contribution in [1.29, 1.82) is 0 Å². The van der Waals surface area contributed by atoms with Crippen LogP contribution in [0.4, 0.5) is 5.13 Å². The molecule has 1 heterocycles. The quantitative estimate of drug-likeness (QED) is 0.414. The minimum absolute atomic E-state index is 0.0602. The molecule has 1 atom stereocenters. The van der Waals surface area contributed by atoms with Crippen LogP contribution in [0.2, 0.25) is 0 Å². The molecule has 0 radical (unpaired) electrons. The van der Waals surface area contributed by atoms with E-state index in [4.69, 9.17) is 15.7 Å². The Balaban J connectivity index is 2.68. The maximum absolute atomic E-state index is 10.7. The molecule has 0 bridgehead atoms. The van der Waals surface area contributed by atoms with Crippen LogP contribution >= 0.6 is 11.5 Å². The minimum atomic E-state index is -1.02. The van der Waals surface area contributed by atoms with Crippen molar-refractivity contribution in [2.24, 2.45) is 5.16 Å². The summed E-state index contributed by atoms with van der Waals surface area (Å²) in [6, 6.07) is 0. The van der Waals surface area contributed by atoms with E-state index >= 15 is 0 Å². The molecule has 1 aromatic rings. The molecule has 0 spiro atoms. The van der Waals surface area contributed by atoms with E-state index in [9.17, 15) is 9.59 Å². The number of carbonyl (C=O) groups excluding carboxylic acids is 1. The van der Waals surface area contributed by atoms with Gasteiger partial charge in [0.2, 0.25) is 0 Å². The standard InChI is InChI=1S/C8H10N4O4S/c1-4(2-6(14)15)16-11-5(3-13)7-10-8(9)17-12-7/h3-4H,2H2,1H3,(H,14,15)(H2,9,10,12). The molecule has 92 valence electrons. The van der Waals surface area contributed by atoms with Gasteiger partial charge in [0.15, 0.2) is 23.0 Å². The van der Waals surface area contributed by atoms with E-state index < -0.39 is 12.1 Å². The summed E-state index contributed by atoms with van der Waals surface area (Å²) in [7, 11) is 0. The number of carbonyl (C=O) groups is 2. The lowest BCUT2D eigenvalue weighted by molar-refractivity contribution is -0.139. The van der Waals surface area contributed by atoms with Crippen molar-refractivity contribution < 1.29 is 19.5 Å². The number of oxime groups is 1. The van der Waals surface area contributed by atoms with Crippen molar-refractivity contribution in [3.05, 3.63) is 5.82 Å². The van der Waals surface area contributed by atoms with Gasteiger partial charge in [-0.1, -0.05) is 5.16 Å². The number of aliphatic carboxylic acids is 1. The second-order valence-electron chi connectivity index (χ2n) is 3.06. The summed E-state index contributed by atoms with van der Waals surface area (Å²) >= 11 is 0.920. The van der Waals surface area contributed by atoms with E-state index in [1.54, 1.807) is 0 Å². The molecular formula is C8H10N4O4S. The van der Waals surface area contributed by atoms with Crippen molar-refractivity contribution in [1.82, 2.24) is 9.36 Å². The van der Waals surface area contributed by atoms with E-state index in [0.29, 0.717) is 6.29 Å². The van der Waals surface area contributed by atoms with E-state index in [-0.39, 0.29) is 23.1 Å². The lowest BCUT2D eigenvalue weighted by atomic mass is 10.3. The lowest BCUT2D eigenvalue weighted by Crippen LogP contribution is -2.13. The zero-order valence-corrected chi connectivity index (χ0v) is 9.68. The van der Waals surface area contributed by atoms with E-state index in [0.717, 1.165) is 11.5 Å². The molecular weight excluding hydrogens is 248 g/mol. The number of carboxylic acids is 1. The van der Waals surface area contributed by atoms with E-state index in [2.05, 4.69) is 14.5 Å². The van der Waals surface area contributed by atoms with Gasteiger partial charge in [0, 0.05) is 11.5 Å². The van der Waals surface area contributed by atoms with E-state index in [1.165, 1.54) is 6.92 Å². The summed E-state index contributed by atoms with van der Waals surface area (Å²) in [6.45, 7) is 1.52.